The number of nitrogens with zero attached hydrogens (tertiary/aromatic N) is 2. The standard InChI is InChI=1S/C19H23N3O3/c1-12(16-2-4-17(5-3-16)22(24)25)20-21-18(23)19-9-13-6-14(10-19)8-15(7-13)11-19/h2-5,13-15H,6-11H2,1H3,(H,21,23)/b20-12+. The van der Waals surface area contributed by atoms with E-state index >= 15 is 0 Å². The normalized spacial score (nSPS) is 33.3. The van der Waals surface area contributed by atoms with Crippen LogP contribution in [0.1, 0.15) is 51.0 Å². The van der Waals surface area contributed by atoms with E-state index in [0.29, 0.717) is 5.71 Å². The highest BCUT2D eigenvalue weighted by Gasteiger charge is 2.54. The minimum Gasteiger partial charge on any atom is -0.273 e. The molecule has 4 bridgehead atoms. The first kappa shape index (κ1) is 16.2. The van der Waals surface area contributed by atoms with E-state index in [2.05, 4.69) is 10.5 Å². The minimum absolute atomic E-state index is 0.0501. The molecule has 0 atom stereocenters. The highest BCUT2D eigenvalue weighted by Crippen LogP contribution is 2.60. The molecule has 0 aromatic heterocycles. The van der Waals surface area contributed by atoms with E-state index in [1.165, 1.54) is 31.4 Å². The van der Waals surface area contributed by atoms with Crippen molar-refractivity contribution in [2.24, 2.45) is 28.3 Å². The van der Waals surface area contributed by atoms with E-state index < -0.39 is 4.92 Å². The van der Waals surface area contributed by atoms with Crippen LogP contribution in [0.15, 0.2) is 29.4 Å². The van der Waals surface area contributed by atoms with Crippen LogP contribution in [0.5, 0.6) is 0 Å². The largest absolute Gasteiger partial charge is 0.273 e. The molecule has 0 saturated heterocycles. The van der Waals surface area contributed by atoms with Gasteiger partial charge in [0, 0.05) is 12.1 Å². The lowest BCUT2D eigenvalue weighted by atomic mass is 9.49. The molecule has 1 N–H and O–H groups in total. The lowest BCUT2D eigenvalue weighted by Crippen LogP contribution is -2.52. The molecule has 6 nitrogen and oxygen atoms in total. The maximum atomic E-state index is 12.9. The Kier molecular flexibility index (Phi) is 3.85. The summed E-state index contributed by atoms with van der Waals surface area (Å²) >= 11 is 0. The molecule has 4 fully saturated rings. The molecule has 132 valence electrons. The van der Waals surface area contributed by atoms with E-state index in [1.54, 1.807) is 19.1 Å². The lowest BCUT2D eigenvalue weighted by molar-refractivity contribution is -0.384. The number of amides is 1. The van der Waals surface area contributed by atoms with Crippen molar-refractivity contribution < 1.29 is 9.72 Å². The van der Waals surface area contributed by atoms with E-state index in [9.17, 15) is 14.9 Å². The van der Waals surface area contributed by atoms with Crippen LogP contribution in [-0.4, -0.2) is 16.5 Å². The molecule has 6 heteroatoms. The van der Waals surface area contributed by atoms with Crippen molar-refractivity contribution in [1.29, 1.82) is 0 Å². The molecule has 1 aromatic carbocycles. The number of benzene rings is 1. The van der Waals surface area contributed by atoms with Gasteiger partial charge in [-0.3, -0.25) is 14.9 Å². The molecule has 5 rings (SSSR count). The van der Waals surface area contributed by atoms with Gasteiger partial charge in [-0.05, 0) is 80.9 Å². The highest BCUT2D eigenvalue weighted by atomic mass is 16.6. The summed E-state index contributed by atoms with van der Waals surface area (Å²) in [4.78, 5) is 23.2. The fourth-order valence-corrected chi connectivity index (χ4v) is 5.53. The van der Waals surface area contributed by atoms with E-state index in [0.717, 1.165) is 42.6 Å². The van der Waals surface area contributed by atoms with Gasteiger partial charge in [0.05, 0.1) is 16.0 Å². The molecule has 4 aliphatic carbocycles. The fourth-order valence-electron chi connectivity index (χ4n) is 5.53. The Balaban J connectivity index is 1.46. The third-order valence-corrected chi connectivity index (χ3v) is 6.34. The van der Waals surface area contributed by atoms with E-state index in [1.807, 2.05) is 0 Å². The Bertz CT molecular complexity index is 704. The highest BCUT2D eigenvalue weighted by molar-refractivity contribution is 5.99. The maximum absolute atomic E-state index is 12.9. The monoisotopic (exact) mass is 341 g/mol. The smallest absolute Gasteiger partial charge is 0.269 e. The van der Waals surface area contributed by atoms with Gasteiger partial charge in [-0.1, -0.05) is 0 Å². The molecular weight excluding hydrogens is 318 g/mol. The molecule has 4 saturated carbocycles. The SMILES string of the molecule is C/C(=N\NC(=O)C12CC3CC(CC(C3)C1)C2)c1ccc([N+](=O)[O-])cc1. The number of hydrogen-bond acceptors (Lipinski definition) is 4. The molecular formula is C19H23N3O3. The van der Waals surface area contributed by atoms with Crippen LogP contribution < -0.4 is 5.43 Å². The average Bonchev–Trinajstić information content (AvgIpc) is 2.58. The zero-order chi connectivity index (χ0) is 17.6. The average molecular weight is 341 g/mol. The van der Waals surface area contributed by atoms with Crippen molar-refractivity contribution in [3.63, 3.8) is 0 Å². The molecule has 25 heavy (non-hydrogen) atoms. The summed E-state index contributed by atoms with van der Waals surface area (Å²) in [5.74, 6) is 2.22. The number of nitro groups is 1. The number of rotatable bonds is 4. The molecule has 0 unspecified atom stereocenters. The van der Waals surface area contributed by atoms with Crippen molar-refractivity contribution in [2.45, 2.75) is 45.4 Å². The zero-order valence-electron chi connectivity index (χ0n) is 14.4. The summed E-state index contributed by atoms with van der Waals surface area (Å²) in [6.07, 6.45) is 6.94. The number of nitro benzene ring substituents is 1. The number of non-ortho nitro benzene ring substituents is 1. The van der Waals surface area contributed by atoms with Crippen LogP contribution >= 0.6 is 0 Å². The van der Waals surface area contributed by atoms with Crippen LogP contribution in [0.25, 0.3) is 0 Å². The Hall–Kier alpha value is -2.24. The van der Waals surface area contributed by atoms with Crippen LogP contribution in [0, 0.1) is 33.3 Å². The Morgan fingerprint density at radius 1 is 1.12 bits per heavy atom. The van der Waals surface area contributed by atoms with Gasteiger partial charge in [0.25, 0.3) is 5.69 Å². The first-order chi connectivity index (χ1) is 11.9. The van der Waals surface area contributed by atoms with Gasteiger partial charge in [-0.2, -0.15) is 5.10 Å². The second-order valence-corrected chi connectivity index (χ2v) is 8.14. The first-order valence-electron chi connectivity index (χ1n) is 9.05. The van der Waals surface area contributed by atoms with Gasteiger partial charge in [-0.25, -0.2) is 5.43 Å². The summed E-state index contributed by atoms with van der Waals surface area (Å²) in [7, 11) is 0. The van der Waals surface area contributed by atoms with Gasteiger partial charge < -0.3 is 0 Å². The minimum atomic E-state index is -0.426. The van der Waals surface area contributed by atoms with Gasteiger partial charge in [0.1, 0.15) is 0 Å². The molecule has 0 spiro atoms. The van der Waals surface area contributed by atoms with Crippen molar-refractivity contribution in [2.75, 3.05) is 0 Å². The molecule has 4 aliphatic rings. The Labute approximate surface area is 146 Å². The van der Waals surface area contributed by atoms with Gasteiger partial charge >= 0.3 is 0 Å². The third kappa shape index (κ3) is 2.94. The van der Waals surface area contributed by atoms with Gasteiger partial charge in [0.15, 0.2) is 0 Å². The predicted molar refractivity (Wildman–Crippen MR) is 94.1 cm³/mol. The summed E-state index contributed by atoms with van der Waals surface area (Å²) < 4.78 is 0. The van der Waals surface area contributed by atoms with Crippen molar-refractivity contribution >= 4 is 17.3 Å². The van der Waals surface area contributed by atoms with Crippen LogP contribution in [0.2, 0.25) is 0 Å². The van der Waals surface area contributed by atoms with E-state index in [4.69, 9.17) is 0 Å². The Morgan fingerprint density at radius 3 is 2.12 bits per heavy atom. The van der Waals surface area contributed by atoms with E-state index in [-0.39, 0.29) is 17.0 Å². The fraction of sp³-hybridized carbons (Fsp3) is 0.579. The van der Waals surface area contributed by atoms with Crippen molar-refractivity contribution in [3.05, 3.63) is 39.9 Å². The first-order valence-corrected chi connectivity index (χ1v) is 9.05. The number of hydrazone groups is 1. The van der Waals surface area contributed by atoms with Crippen LogP contribution in [-0.2, 0) is 4.79 Å². The number of hydrogen-bond donors (Lipinski definition) is 1. The summed E-state index contributed by atoms with van der Waals surface area (Å²) in [6.45, 7) is 1.81. The maximum Gasteiger partial charge on any atom is 0.269 e. The van der Waals surface area contributed by atoms with Crippen LogP contribution in [0.4, 0.5) is 5.69 Å². The second-order valence-electron chi connectivity index (χ2n) is 8.14. The molecule has 0 aliphatic heterocycles. The quantitative estimate of drug-likeness (QED) is 0.515. The predicted octanol–water partition coefficient (Wildman–Crippen LogP) is 3.65. The summed E-state index contributed by atoms with van der Waals surface area (Å²) in [5.41, 5.74) is 4.06. The number of carbonyl (C=O) groups excluding carboxylic acids is 1. The number of nitrogens with one attached hydrogen (secondary N) is 1. The van der Waals surface area contributed by atoms with Crippen molar-refractivity contribution in [3.8, 4) is 0 Å². The van der Waals surface area contributed by atoms with Crippen LogP contribution in [0.3, 0.4) is 0 Å². The topological polar surface area (TPSA) is 84.6 Å². The second kappa shape index (κ2) is 5.93. The molecule has 0 heterocycles. The molecule has 1 amide bonds. The summed E-state index contributed by atoms with van der Waals surface area (Å²) in [6, 6.07) is 6.23. The van der Waals surface area contributed by atoms with Gasteiger partial charge in [-0.15, -0.1) is 0 Å². The lowest BCUT2D eigenvalue weighted by Gasteiger charge is -2.55. The van der Waals surface area contributed by atoms with Gasteiger partial charge in [0.2, 0.25) is 5.91 Å². The van der Waals surface area contributed by atoms with Crippen molar-refractivity contribution in [1.82, 2.24) is 5.43 Å². The Morgan fingerprint density at radius 2 is 1.64 bits per heavy atom. The zero-order valence-corrected chi connectivity index (χ0v) is 14.4. The molecule has 1 aromatic rings. The summed E-state index contributed by atoms with van der Waals surface area (Å²) in [5, 5.41) is 15.0. The molecule has 0 radical (unpaired) electrons. The third-order valence-electron chi connectivity index (χ3n) is 6.34. The number of carbonyl (C=O) groups is 1.